The van der Waals surface area contributed by atoms with E-state index < -0.39 is 22.4 Å². The molecular formula is C20H15N3O6. The highest BCUT2D eigenvalue weighted by Gasteiger charge is 2.18. The Balaban J connectivity index is 1.90. The molecule has 4 N–H and O–H groups in total. The number of anilines is 2. The smallest absolute Gasteiger partial charge is 0.271 e. The molecule has 29 heavy (non-hydrogen) atoms. The van der Waals surface area contributed by atoms with E-state index in [4.69, 9.17) is 0 Å². The average molecular weight is 393 g/mol. The Labute approximate surface area is 164 Å². The zero-order valence-corrected chi connectivity index (χ0v) is 14.8. The fourth-order valence-corrected chi connectivity index (χ4v) is 2.55. The lowest BCUT2D eigenvalue weighted by atomic mass is 10.1. The van der Waals surface area contributed by atoms with Crippen molar-refractivity contribution in [1.29, 1.82) is 0 Å². The number of non-ortho nitro benzene ring substituents is 1. The van der Waals surface area contributed by atoms with Crippen LogP contribution in [0.15, 0.2) is 66.7 Å². The van der Waals surface area contributed by atoms with Crippen LogP contribution >= 0.6 is 0 Å². The van der Waals surface area contributed by atoms with Gasteiger partial charge >= 0.3 is 0 Å². The van der Waals surface area contributed by atoms with Gasteiger partial charge in [-0.1, -0.05) is 12.1 Å². The maximum atomic E-state index is 12.5. The predicted molar refractivity (Wildman–Crippen MR) is 105 cm³/mol. The SMILES string of the molecule is O=C(Nc1cccc(O)c1)c1cc(C(=O)Nc2cccc(O)c2)cc([N+](=O)[O-])c1. The predicted octanol–water partition coefficient (Wildman–Crippen LogP) is 3.51. The standard InChI is InChI=1S/C20H15N3O6/c24-17-5-1-3-14(10-17)21-19(26)12-7-13(9-16(8-12)23(28)29)20(27)22-15-4-2-6-18(25)11-15/h1-11,24-25H,(H,21,26)(H,22,27). The lowest BCUT2D eigenvalue weighted by molar-refractivity contribution is -0.384. The van der Waals surface area contributed by atoms with Gasteiger partial charge in [0.1, 0.15) is 11.5 Å². The van der Waals surface area contributed by atoms with Crippen LogP contribution in [0, 0.1) is 10.1 Å². The lowest BCUT2D eigenvalue weighted by Crippen LogP contribution is -2.16. The number of nitro groups is 1. The zero-order valence-electron chi connectivity index (χ0n) is 14.8. The third kappa shape index (κ3) is 4.86. The molecule has 3 rings (SSSR count). The minimum atomic E-state index is -0.712. The van der Waals surface area contributed by atoms with Crippen LogP contribution in [0.3, 0.4) is 0 Å². The summed E-state index contributed by atoms with van der Waals surface area (Å²) in [6, 6.07) is 14.9. The summed E-state index contributed by atoms with van der Waals surface area (Å²) < 4.78 is 0. The van der Waals surface area contributed by atoms with E-state index in [9.17, 15) is 29.9 Å². The van der Waals surface area contributed by atoms with Crippen LogP contribution in [0.5, 0.6) is 11.5 Å². The highest BCUT2D eigenvalue weighted by atomic mass is 16.6. The Kier molecular flexibility index (Phi) is 5.40. The molecule has 0 aliphatic rings. The summed E-state index contributed by atoms with van der Waals surface area (Å²) in [6.45, 7) is 0. The fourth-order valence-electron chi connectivity index (χ4n) is 2.55. The number of carbonyl (C=O) groups excluding carboxylic acids is 2. The second-order valence-electron chi connectivity index (χ2n) is 6.03. The van der Waals surface area contributed by atoms with E-state index in [1.165, 1.54) is 54.6 Å². The Morgan fingerprint density at radius 1 is 0.759 bits per heavy atom. The van der Waals surface area contributed by atoms with Gasteiger partial charge in [-0.15, -0.1) is 0 Å². The van der Waals surface area contributed by atoms with Crippen molar-refractivity contribution in [2.75, 3.05) is 10.6 Å². The van der Waals surface area contributed by atoms with Crippen molar-refractivity contribution >= 4 is 28.9 Å². The molecular weight excluding hydrogens is 378 g/mol. The number of phenols is 2. The van der Waals surface area contributed by atoms with Crippen molar-refractivity contribution in [3.8, 4) is 11.5 Å². The molecule has 9 heteroatoms. The van der Waals surface area contributed by atoms with E-state index in [-0.39, 0.29) is 34.0 Å². The van der Waals surface area contributed by atoms with E-state index in [1.54, 1.807) is 0 Å². The minimum absolute atomic E-state index is 0.0620. The Morgan fingerprint density at radius 3 is 1.59 bits per heavy atom. The van der Waals surface area contributed by atoms with Crippen molar-refractivity contribution in [2.24, 2.45) is 0 Å². The molecule has 0 bridgehead atoms. The number of amides is 2. The fraction of sp³-hybridized carbons (Fsp3) is 0. The number of hydrogen-bond acceptors (Lipinski definition) is 6. The number of hydrogen-bond donors (Lipinski definition) is 4. The second kappa shape index (κ2) is 8.09. The van der Waals surface area contributed by atoms with Crippen molar-refractivity contribution in [3.05, 3.63) is 88.0 Å². The second-order valence-corrected chi connectivity index (χ2v) is 6.03. The molecule has 0 aromatic heterocycles. The van der Waals surface area contributed by atoms with Crippen LogP contribution in [-0.2, 0) is 0 Å². The van der Waals surface area contributed by atoms with Gasteiger partial charge in [0.15, 0.2) is 0 Å². The van der Waals surface area contributed by atoms with Crippen LogP contribution in [0.4, 0.5) is 17.1 Å². The Bertz CT molecular complexity index is 1040. The van der Waals surface area contributed by atoms with Crippen LogP contribution in [-0.4, -0.2) is 27.0 Å². The molecule has 0 fully saturated rings. The highest BCUT2D eigenvalue weighted by molar-refractivity contribution is 6.09. The first kappa shape index (κ1) is 19.4. The van der Waals surface area contributed by atoms with E-state index in [2.05, 4.69) is 10.6 Å². The summed E-state index contributed by atoms with van der Waals surface area (Å²) in [5.41, 5.74) is -0.0821. The summed E-state index contributed by atoms with van der Waals surface area (Å²) in [5, 5.41) is 35.2. The van der Waals surface area contributed by atoms with Gasteiger partial charge in [-0.05, 0) is 30.3 Å². The molecule has 0 aliphatic heterocycles. The first-order chi connectivity index (χ1) is 13.8. The molecule has 3 aromatic carbocycles. The number of nitro benzene ring substituents is 1. The lowest BCUT2D eigenvalue weighted by Gasteiger charge is -2.09. The number of rotatable bonds is 5. The van der Waals surface area contributed by atoms with Crippen molar-refractivity contribution in [1.82, 2.24) is 0 Å². The molecule has 0 spiro atoms. The average Bonchev–Trinajstić information content (AvgIpc) is 2.67. The van der Waals surface area contributed by atoms with Crippen molar-refractivity contribution in [2.45, 2.75) is 0 Å². The molecule has 0 saturated heterocycles. The van der Waals surface area contributed by atoms with Crippen LogP contribution in [0.2, 0.25) is 0 Å². The summed E-state index contributed by atoms with van der Waals surface area (Å²) in [5.74, 6) is -1.50. The summed E-state index contributed by atoms with van der Waals surface area (Å²) >= 11 is 0. The van der Waals surface area contributed by atoms with Crippen LogP contribution < -0.4 is 10.6 Å². The normalized spacial score (nSPS) is 10.2. The van der Waals surface area contributed by atoms with Gasteiger partial charge < -0.3 is 20.8 Å². The van der Waals surface area contributed by atoms with Gasteiger partial charge in [0, 0.05) is 46.8 Å². The van der Waals surface area contributed by atoms with Gasteiger partial charge in [-0.3, -0.25) is 19.7 Å². The Hall–Kier alpha value is -4.40. The van der Waals surface area contributed by atoms with Crippen LogP contribution in [0.1, 0.15) is 20.7 Å². The first-order valence-electron chi connectivity index (χ1n) is 8.32. The highest BCUT2D eigenvalue weighted by Crippen LogP contribution is 2.22. The van der Waals surface area contributed by atoms with Gasteiger partial charge in [0.2, 0.25) is 0 Å². The summed E-state index contributed by atoms with van der Waals surface area (Å²) in [4.78, 5) is 35.5. The van der Waals surface area contributed by atoms with Gasteiger partial charge in [0.05, 0.1) is 4.92 Å². The topological polar surface area (TPSA) is 142 Å². The molecule has 0 heterocycles. The van der Waals surface area contributed by atoms with E-state index in [1.807, 2.05) is 0 Å². The largest absolute Gasteiger partial charge is 0.508 e. The van der Waals surface area contributed by atoms with E-state index in [0.29, 0.717) is 0 Å². The van der Waals surface area contributed by atoms with Gasteiger partial charge in [0.25, 0.3) is 17.5 Å². The monoisotopic (exact) mass is 393 g/mol. The molecule has 0 saturated carbocycles. The number of nitrogens with zero attached hydrogens (tertiary/aromatic N) is 1. The van der Waals surface area contributed by atoms with E-state index >= 15 is 0 Å². The number of benzene rings is 3. The van der Waals surface area contributed by atoms with Crippen molar-refractivity contribution in [3.63, 3.8) is 0 Å². The summed E-state index contributed by atoms with van der Waals surface area (Å²) in [7, 11) is 0. The molecule has 3 aromatic rings. The quantitative estimate of drug-likeness (QED) is 0.386. The minimum Gasteiger partial charge on any atom is -0.508 e. The number of phenolic OH excluding ortho intramolecular Hbond substituents is 2. The molecule has 2 amide bonds. The maximum absolute atomic E-state index is 12.5. The van der Waals surface area contributed by atoms with Crippen LogP contribution in [0.25, 0.3) is 0 Å². The molecule has 0 radical (unpaired) electrons. The molecule has 0 unspecified atom stereocenters. The molecule has 9 nitrogen and oxygen atoms in total. The number of aromatic hydroxyl groups is 2. The maximum Gasteiger partial charge on any atom is 0.271 e. The van der Waals surface area contributed by atoms with Gasteiger partial charge in [-0.2, -0.15) is 0 Å². The zero-order chi connectivity index (χ0) is 21.0. The molecule has 0 aliphatic carbocycles. The Morgan fingerprint density at radius 2 is 1.21 bits per heavy atom. The third-order valence-electron chi connectivity index (χ3n) is 3.86. The third-order valence-corrected chi connectivity index (χ3v) is 3.86. The van der Waals surface area contributed by atoms with Gasteiger partial charge in [-0.25, -0.2) is 0 Å². The van der Waals surface area contributed by atoms with E-state index in [0.717, 1.165) is 12.1 Å². The molecule has 146 valence electrons. The van der Waals surface area contributed by atoms with Crippen molar-refractivity contribution < 1.29 is 24.7 Å². The summed E-state index contributed by atoms with van der Waals surface area (Å²) in [6.07, 6.45) is 0. The molecule has 0 atom stereocenters. The number of nitrogens with one attached hydrogen (secondary N) is 2. The number of carbonyl (C=O) groups is 2. The first-order valence-corrected chi connectivity index (χ1v) is 8.32.